The van der Waals surface area contributed by atoms with Crippen LogP contribution < -0.4 is 10.6 Å². The standard InChI is InChI=1S/C20H32N4O.HI/c1-4-21-19(22-15-12-18(25)24(5-2)6-3)23-16-20(13-14-20)17-10-8-7-9-11-17;/h7-11H,4-6,12-16H2,1-3H3,(H2,21,22,23);1H. The van der Waals surface area contributed by atoms with Gasteiger partial charge in [-0.2, -0.15) is 0 Å². The molecule has 2 N–H and O–H groups in total. The van der Waals surface area contributed by atoms with E-state index in [-0.39, 0.29) is 35.3 Å². The minimum absolute atomic E-state index is 0. The molecule has 0 aromatic heterocycles. The Morgan fingerprint density at radius 1 is 1.12 bits per heavy atom. The zero-order valence-corrected chi connectivity index (χ0v) is 18.6. The molecule has 1 aromatic rings. The number of nitrogens with zero attached hydrogens (tertiary/aromatic N) is 2. The Labute approximate surface area is 175 Å². The molecule has 1 aliphatic rings. The number of rotatable bonds is 9. The van der Waals surface area contributed by atoms with E-state index in [0.717, 1.165) is 32.1 Å². The molecular weight excluding hydrogens is 439 g/mol. The molecule has 0 aliphatic heterocycles. The highest BCUT2D eigenvalue weighted by Crippen LogP contribution is 2.48. The molecule has 0 radical (unpaired) electrons. The summed E-state index contributed by atoms with van der Waals surface area (Å²) < 4.78 is 0. The number of aliphatic imine (C=N–C) groups is 1. The molecule has 0 heterocycles. The maximum absolute atomic E-state index is 12.1. The van der Waals surface area contributed by atoms with Crippen LogP contribution in [0, 0.1) is 0 Å². The number of amides is 1. The average Bonchev–Trinajstić information content (AvgIpc) is 3.43. The lowest BCUT2D eigenvalue weighted by Crippen LogP contribution is -2.40. The van der Waals surface area contributed by atoms with E-state index in [1.807, 2.05) is 18.7 Å². The van der Waals surface area contributed by atoms with Crippen LogP contribution in [0.2, 0.25) is 0 Å². The molecule has 2 rings (SSSR count). The van der Waals surface area contributed by atoms with Crippen molar-refractivity contribution in [2.24, 2.45) is 4.99 Å². The van der Waals surface area contributed by atoms with Crippen LogP contribution in [0.3, 0.4) is 0 Å². The average molecular weight is 472 g/mol. The normalized spacial score (nSPS) is 15.0. The van der Waals surface area contributed by atoms with Crippen molar-refractivity contribution in [1.82, 2.24) is 15.5 Å². The molecule has 0 bridgehead atoms. The van der Waals surface area contributed by atoms with E-state index in [1.165, 1.54) is 18.4 Å². The third-order valence-electron chi connectivity index (χ3n) is 4.87. The number of carbonyl (C=O) groups excluding carboxylic acids is 1. The Balaban J connectivity index is 0.00000338. The summed E-state index contributed by atoms with van der Waals surface area (Å²) in [5, 5.41) is 6.58. The van der Waals surface area contributed by atoms with Crippen molar-refractivity contribution in [3.05, 3.63) is 35.9 Å². The number of nitrogens with one attached hydrogen (secondary N) is 2. The van der Waals surface area contributed by atoms with E-state index in [0.29, 0.717) is 13.0 Å². The molecule has 6 heteroatoms. The van der Waals surface area contributed by atoms with Crippen LogP contribution in [0.25, 0.3) is 0 Å². The molecule has 0 spiro atoms. The van der Waals surface area contributed by atoms with Gasteiger partial charge in [0.15, 0.2) is 5.96 Å². The van der Waals surface area contributed by atoms with Gasteiger partial charge in [0.05, 0.1) is 6.54 Å². The first-order valence-electron chi connectivity index (χ1n) is 9.50. The summed E-state index contributed by atoms with van der Waals surface area (Å²) in [4.78, 5) is 18.7. The number of guanidine groups is 1. The lowest BCUT2D eigenvalue weighted by Gasteiger charge is -2.19. The lowest BCUT2D eigenvalue weighted by atomic mass is 9.96. The first-order chi connectivity index (χ1) is 12.1. The summed E-state index contributed by atoms with van der Waals surface area (Å²) >= 11 is 0. The zero-order chi connectivity index (χ0) is 18.1. The molecule has 0 saturated heterocycles. The fraction of sp³-hybridized carbons (Fsp3) is 0.600. The predicted octanol–water partition coefficient (Wildman–Crippen LogP) is 3.15. The molecule has 0 unspecified atom stereocenters. The zero-order valence-electron chi connectivity index (χ0n) is 16.3. The largest absolute Gasteiger partial charge is 0.357 e. The molecule has 1 aromatic carbocycles. The van der Waals surface area contributed by atoms with Gasteiger partial charge in [0, 0.05) is 38.0 Å². The van der Waals surface area contributed by atoms with E-state index in [9.17, 15) is 4.79 Å². The second-order valence-electron chi connectivity index (χ2n) is 6.58. The van der Waals surface area contributed by atoms with Gasteiger partial charge in [-0.15, -0.1) is 24.0 Å². The summed E-state index contributed by atoms with van der Waals surface area (Å²) in [6.45, 7) is 9.83. The lowest BCUT2D eigenvalue weighted by molar-refractivity contribution is -0.130. The highest BCUT2D eigenvalue weighted by Gasteiger charge is 2.43. The van der Waals surface area contributed by atoms with Crippen LogP contribution >= 0.6 is 24.0 Å². The van der Waals surface area contributed by atoms with Crippen molar-refractivity contribution < 1.29 is 4.79 Å². The summed E-state index contributed by atoms with van der Waals surface area (Å²) in [6, 6.07) is 10.7. The van der Waals surface area contributed by atoms with Gasteiger partial charge in [0.2, 0.25) is 5.91 Å². The van der Waals surface area contributed by atoms with E-state index in [1.54, 1.807) is 0 Å². The Hall–Kier alpha value is -1.31. The van der Waals surface area contributed by atoms with Crippen molar-refractivity contribution in [3.63, 3.8) is 0 Å². The minimum atomic E-state index is 0. The molecule has 5 nitrogen and oxygen atoms in total. The minimum Gasteiger partial charge on any atom is -0.357 e. The number of hydrogen-bond donors (Lipinski definition) is 2. The first-order valence-corrected chi connectivity index (χ1v) is 9.50. The topological polar surface area (TPSA) is 56.7 Å². The van der Waals surface area contributed by atoms with Crippen LogP contribution in [0.5, 0.6) is 0 Å². The van der Waals surface area contributed by atoms with Crippen LogP contribution in [-0.4, -0.2) is 49.5 Å². The van der Waals surface area contributed by atoms with Gasteiger partial charge >= 0.3 is 0 Å². The SMILES string of the molecule is CCNC(=NCC1(c2ccccc2)CC1)NCCC(=O)N(CC)CC.I. The van der Waals surface area contributed by atoms with Crippen molar-refractivity contribution >= 4 is 35.8 Å². The van der Waals surface area contributed by atoms with Crippen LogP contribution in [0.15, 0.2) is 35.3 Å². The molecular formula is C20H33IN4O. The quantitative estimate of drug-likeness (QED) is 0.330. The number of benzene rings is 1. The second kappa shape index (κ2) is 11.4. The van der Waals surface area contributed by atoms with Gasteiger partial charge in [-0.25, -0.2) is 0 Å². The Morgan fingerprint density at radius 3 is 2.31 bits per heavy atom. The van der Waals surface area contributed by atoms with Gasteiger partial charge in [-0.1, -0.05) is 30.3 Å². The summed E-state index contributed by atoms with van der Waals surface area (Å²) in [5.74, 6) is 0.994. The third-order valence-corrected chi connectivity index (χ3v) is 4.87. The fourth-order valence-electron chi connectivity index (χ4n) is 3.08. The molecule has 0 atom stereocenters. The highest BCUT2D eigenvalue weighted by molar-refractivity contribution is 14.0. The third kappa shape index (κ3) is 6.45. The monoisotopic (exact) mass is 472 g/mol. The molecule has 146 valence electrons. The van der Waals surface area contributed by atoms with Gasteiger partial charge in [-0.05, 0) is 39.2 Å². The Morgan fingerprint density at radius 2 is 1.77 bits per heavy atom. The fourth-order valence-corrected chi connectivity index (χ4v) is 3.08. The van der Waals surface area contributed by atoms with E-state index in [4.69, 9.17) is 4.99 Å². The summed E-state index contributed by atoms with van der Waals surface area (Å²) in [7, 11) is 0. The van der Waals surface area contributed by atoms with Crippen LogP contribution in [-0.2, 0) is 10.2 Å². The van der Waals surface area contributed by atoms with Gasteiger partial charge in [-0.3, -0.25) is 9.79 Å². The van der Waals surface area contributed by atoms with E-state index < -0.39 is 0 Å². The maximum Gasteiger partial charge on any atom is 0.224 e. The molecule has 1 aliphatic carbocycles. The number of carbonyl (C=O) groups is 1. The molecule has 1 saturated carbocycles. The van der Waals surface area contributed by atoms with Gasteiger partial charge < -0.3 is 15.5 Å². The Bertz CT molecular complexity index is 568. The molecule has 1 amide bonds. The molecule has 1 fully saturated rings. The number of hydrogen-bond acceptors (Lipinski definition) is 2. The second-order valence-corrected chi connectivity index (χ2v) is 6.58. The highest BCUT2D eigenvalue weighted by atomic mass is 127. The first kappa shape index (κ1) is 22.7. The van der Waals surface area contributed by atoms with Crippen molar-refractivity contribution in [2.75, 3.05) is 32.7 Å². The van der Waals surface area contributed by atoms with Crippen LogP contribution in [0.1, 0.15) is 45.6 Å². The predicted molar refractivity (Wildman–Crippen MR) is 119 cm³/mol. The van der Waals surface area contributed by atoms with Gasteiger partial charge in [0.1, 0.15) is 0 Å². The number of halogens is 1. The summed E-state index contributed by atoms with van der Waals surface area (Å²) in [6.07, 6.45) is 2.89. The summed E-state index contributed by atoms with van der Waals surface area (Å²) in [5.41, 5.74) is 1.59. The van der Waals surface area contributed by atoms with Crippen molar-refractivity contribution in [1.29, 1.82) is 0 Å². The van der Waals surface area contributed by atoms with Crippen molar-refractivity contribution in [3.8, 4) is 0 Å². The Kier molecular flexibility index (Phi) is 9.98. The van der Waals surface area contributed by atoms with E-state index in [2.05, 4.69) is 47.9 Å². The van der Waals surface area contributed by atoms with E-state index >= 15 is 0 Å². The molecule has 26 heavy (non-hydrogen) atoms. The smallest absolute Gasteiger partial charge is 0.224 e. The van der Waals surface area contributed by atoms with Crippen molar-refractivity contribution in [2.45, 2.75) is 45.4 Å². The van der Waals surface area contributed by atoms with Gasteiger partial charge in [0.25, 0.3) is 0 Å². The maximum atomic E-state index is 12.1. The van der Waals surface area contributed by atoms with Crippen LogP contribution in [0.4, 0.5) is 0 Å².